The predicted molar refractivity (Wildman–Crippen MR) is 124 cm³/mol. The monoisotopic (exact) mass is 433 g/mol. The van der Waals surface area contributed by atoms with Gasteiger partial charge in [0.05, 0.1) is 19.8 Å². The van der Waals surface area contributed by atoms with Crippen LogP contribution in [0.3, 0.4) is 0 Å². The Morgan fingerprint density at radius 1 is 1.12 bits per heavy atom. The summed E-state index contributed by atoms with van der Waals surface area (Å²) < 4.78 is 6.99. The van der Waals surface area contributed by atoms with Crippen molar-refractivity contribution in [2.75, 3.05) is 43.6 Å². The van der Waals surface area contributed by atoms with Crippen molar-refractivity contribution >= 4 is 17.4 Å². The Bertz CT molecular complexity index is 1120. The summed E-state index contributed by atoms with van der Waals surface area (Å²) in [6.45, 7) is 4.00. The van der Waals surface area contributed by atoms with Crippen LogP contribution in [0.5, 0.6) is 0 Å². The molecule has 1 N–H and O–H groups in total. The number of hydrogen-bond donors (Lipinski definition) is 1. The minimum Gasteiger partial charge on any atom is -0.378 e. The molecule has 1 aliphatic heterocycles. The lowest BCUT2D eigenvalue weighted by molar-refractivity contribution is 0.122. The molecule has 0 unspecified atom stereocenters. The maximum Gasteiger partial charge on any atom is 0.347 e. The van der Waals surface area contributed by atoms with Gasteiger partial charge < -0.3 is 19.9 Å². The Kier molecular flexibility index (Phi) is 6.81. The van der Waals surface area contributed by atoms with E-state index in [0.29, 0.717) is 32.0 Å². The van der Waals surface area contributed by atoms with E-state index >= 15 is 0 Å². The maximum absolute atomic E-state index is 12.8. The van der Waals surface area contributed by atoms with Gasteiger partial charge in [-0.1, -0.05) is 30.3 Å². The quantitative estimate of drug-likeness (QED) is 0.647. The average molecular weight is 434 g/mol. The van der Waals surface area contributed by atoms with E-state index in [2.05, 4.69) is 27.3 Å². The third-order valence-corrected chi connectivity index (χ3v) is 5.41. The second kappa shape index (κ2) is 10.1. The maximum atomic E-state index is 12.8. The highest BCUT2D eigenvalue weighted by Crippen LogP contribution is 2.23. The Morgan fingerprint density at radius 2 is 1.94 bits per heavy atom. The molecule has 32 heavy (non-hydrogen) atoms. The van der Waals surface area contributed by atoms with Crippen LogP contribution in [0.1, 0.15) is 11.1 Å². The first kappa shape index (κ1) is 21.6. The van der Waals surface area contributed by atoms with E-state index in [4.69, 9.17) is 4.74 Å². The third kappa shape index (κ3) is 5.33. The molecule has 1 fully saturated rings. The lowest BCUT2D eigenvalue weighted by atomic mass is 10.1. The smallest absolute Gasteiger partial charge is 0.347 e. The molecule has 2 aromatic carbocycles. The van der Waals surface area contributed by atoms with Crippen LogP contribution >= 0.6 is 0 Å². The topological polar surface area (TPSA) is 79.7 Å². The third-order valence-electron chi connectivity index (χ3n) is 5.41. The molecule has 8 nitrogen and oxygen atoms in total. The molecule has 0 bridgehead atoms. The normalized spacial score (nSPS) is 13.6. The summed E-state index contributed by atoms with van der Waals surface area (Å²) in [5.41, 5.74) is 3.51. The van der Waals surface area contributed by atoms with E-state index in [1.54, 1.807) is 24.2 Å². The molecule has 2 amide bonds. The SMILES string of the molecule is CN(Cc1ccccc1N1CCOCC1)C(=O)Nc1cccc(Cn2cccnc2=O)c1. The fourth-order valence-corrected chi connectivity index (χ4v) is 3.76. The number of ether oxygens (including phenoxy) is 1. The minimum absolute atomic E-state index is 0.197. The van der Waals surface area contributed by atoms with Crippen molar-refractivity contribution < 1.29 is 9.53 Å². The summed E-state index contributed by atoms with van der Waals surface area (Å²) in [5.74, 6) is 0. The molecule has 8 heteroatoms. The van der Waals surface area contributed by atoms with E-state index in [1.807, 2.05) is 36.4 Å². The highest BCUT2D eigenvalue weighted by atomic mass is 16.5. The van der Waals surface area contributed by atoms with Crippen molar-refractivity contribution in [2.45, 2.75) is 13.1 Å². The van der Waals surface area contributed by atoms with Gasteiger partial charge in [0, 0.05) is 50.5 Å². The Balaban J connectivity index is 1.41. The fraction of sp³-hybridized carbons (Fsp3) is 0.292. The van der Waals surface area contributed by atoms with Gasteiger partial charge in [0.2, 0.25) is 0 Å². The molecule has 0 atom stereocenters. The molecular weight excluding hydrogens is 406 g/mol. The van der Waals surface area contributed by atoms with Crippen LogP contribution in [0.15, 0.2) is 71.8 Å². The zero-order chi connectivity index (χ0) is 22.3. The van der Waals surface area contributed by atoms with E-state index < -0.39 is 0 Å². The summed E-state index contributed by atoms with van der Waals surface area (Å²) >= 11 is 0. The number of nitrogens with one attached hydrogen (secondary N) is 1. The lowest BCUT2D eigenvalue weighted by Crippen LogP contribution is -2.37. The molecule has 3 aromatic rings. The van der Waals surface area contributed by atoms with Crippen molar-refractivity contribution in [3.05, 3.63) is 88.6 Å². The minimum atomic E-state index is -0.305. The number of morpholine rings is 1. The van der Waals surface area contributed by atoms with Crippen molar-refractivity contribution in [3.8, 4) is 0 Å². The standard InChI is InChI=1S/C24H27N5O3/c1-27(18-20-7-2-3-9-22(20)28-12-14-32-15-13-28)24(31)26-21-8-4-6-19(16-21)17-29-11-5-10-25-23(29)30/h2-11,16H,12-15,17-18H2,1H3,(H,26,31). The Morgan fingerprint density at radius 3 is 2.75 bits per heavy atom. The van der Waals surface area contributed by atoms with Crippen molar-refractivity contribution in [2.24, 2.45) is 0 Å². The lowest BCUT2D eigenvalue weighted by Gasteiger charge is -2.31. The first-order valence-electron chi connectivity index (χ1n) is 10.6. The summed E-state index contributed by atoms with van der Waals surface area (Å²) in [6.07, 6.45) is 3.17. The van der Waals surface area contributed by atoms with E-state index in [-0.39, 0.29) is 11.7 Å². The summed E-state index contributed by atoms with van der Waals surface area (Å²) in [5, 5.41) is 2.95. The van der Waals surface area contributed by atoms with E-state index in [9.17, 15) is 9.59 Å². The van der Waals surface area contributed by atoms with Crippen molar-refractivity contribution in [1.82, 2.24) is 14.5 Å². The van der Waals surface area contributed by atoms with Gasteiger partial charge in [-0.3, -0.25) is 4.57 Å². The number of carbonyl (C=O) groups is 1. The van der Waals surface area contributed by atoms with Gasteiger partial charge in [-0.2, -0.15) is 0 Å². The molecule has 0 spiro atoms. The van der Waals surface area contributed by atoms with Crippen LogP contribution in [0, 0.1) is 0 Å². The van der Waals surface area contributed by atoms with Crippen LogP contribution in [-0.2, 0) is 17.8 Å². The van der Waals surface area contributed by atoms with Gasteiger partial charge in [0.1, 0.15) is 0 Å². The van der Waals surface area contributed by atoms with Gasteiger partial charge in [-0.05, 0) is 35.4 Å². The van der Waals surface area contributed by atoms with Gasteiger partial charge in [0.15, 0.2) is 0 Å². The van der Waals surface area contributed by atoms with Crippen LogP contribution in [0.4, 0.5) is 16.2 Å². The molecule has 4 rings (SSSR count). The summed E-state index contributed by atoms with van der Waals surface area (Å²) in [6, 6.07) is 17.2. The van der Waals surface area contributed by atoms with Crippen molar-refractivity contribution in [3.63, 3.8) is 0 Å². The number of rotatable bonds is 6. The number of benzene rings is 2. The molecule has 166 valence electrons. The highest BCUT2D eigenvalue weighted by Gasteiger charge is 2.17. The van der Waals surface area contributed by atoms with Crippen LogP contribution in [-0.4, -0.2) is 53.8 Å². The number of amides is 2. The van der Waals surface area contributed by atoms with Gasteiger partial charge in [-0.25, -0.2) is 14.6 Å². The highest BCUT2D eigenvalue weighted by molar-refractivity contribution is 5.89. The summed E-state index contributed by atoms with van der Waals surface area (Å²) in [4.78, 5) is 32.4. The number of carbonyl (C=O) groups excluding carboxylic acids is 1. The van der Waals surface area contributed by atoms with Crippen LogP contribution < -0.4 is 15.9 Å². The van der Waals surface area contributed by atoms with Gasteiger partial charge >= 0.3 is 11.7 Å². The Labute approximate surface area is 187 Å². The average Bonchev–Trinajstić information content (AvgIpc) is 2.82. The number of nitrogens with zero attached hydrogens (tertiary/aromatic N) is 4. The predicted octanol–water partition coefficient (Wildman–Crippen LogP) is 2.79. The molecule has 1 aliphatic rings. The molecule has 0 saturated carbocycles. The fourth-order valence-electron chi connectivity index (χ4n) is 3.76. The summed E-state index contributed by atoms with van der Waals surface area (Å²) in [7, 11) is 1.78. The first-order valence-corrected chi connectivity index (χ1v) is 10.6. The Hall–Kier alpha value is -3.65. The van der Waals surface area contributed by atoms with E-state index in [0.717, 1.165) is 29.9 Å². The van der Waals surface area contributed by atoms with Crippen LogP contribution in [0.2, 0.25) is 0 Å². The van der Waals surface area contributed by atoms with Crippen molar-refractivity contribution in [1.29, 1.82) is 0 Å². The largest absolute Gasteiger partial charge is 0.378 e. The van der Waals surface area contributed by atoms with E-state index in [1.165, 1.54) is 10.8 Å². The molecule has 0 radical (unpaired) electrons. The molecule has 1 aromatic heterocycles. The number of urea groups is 1. The van der Waals surface area contributed by atoms with Gasteiger partial charge in [-0.15, -0.1) is 0 Å². The zero-order valence-electron chi connectivity index (χ0n) is 18.1. The second-order valence-electron chi connectivity index (χ2n) is 7.74. The first-order chi connectivity index (χ1) is 15.6. The zero-order valence-corrected chi connectivity index (χ0v) is 18.1. The van der Waals surface area contributed by atoms with Crippen LogP contribution in [0.25, 0.3) is 0 Å². The molecular formula is C24H27N5O3. The second-order valence-corrected chi connectivity index (χ2v) is 7.74. The number of anilines is 2. The molecule has 1 saturated heterocycles. The molecule has 0 aliphatic carbocycles. The molecule has 2 heterocycles. The van der Waals surface area contributed by atoms with Gasteiger partial charge in [0.25, 0.3) is 0 Å². The number of hydrogen-bond acceptors (Lipinski definition) is 5. The number of aromatic nitrogens is 2. The number of para-hydroxylation sites is 1.